The second-order valence-electron chi connectivity index (χ2n) is 6.87. The van der Waals surface area contributed by atoms with Crippen molar-refractivity contribution in [2.45, 2.75) is 36.9 Å². The second-order valence-corrected chi connectivity index (χ2v) is 9.91. The molecule has 1 N–H and O–H groups in total. The van der Waals surface area contributed by atoms with Crippen LogP contribution in [-0.2, 0) is 27.8 Å². The van der Waals surface area contributed by atoms with Crippen molar-refractivity contribution in [1.82, 2.24) is 4.90 Å². The van der Waals surface area contributed by atoms with Gasteiger partial charge in [0.2, 0.25) is 5.91 Å². The first-order valence-corrected chi connectivity index (χ1v) is 10.8. The van der Waals surface area contributed by atoms with Crippen molar-refractivity contribution in [3.63, 3.8) is 0 Å². The van der Waals surface area contributed by atoms with Gasteiger partial charge in [-0.15, -0.1) is 11.3 Å². The number of hydrogen-bond donors (Lipinski definition) is 1. The molecule has 0 unspecified atom stereocenters. The average molecular weight is 394 g/mol. The van der Waals surface area contributed by atoms with E-state index in [-0.39, 0.29) is 21.9 Å². The molecule has 0 saturated heterocycles. The zero-order valence-corrected chi connectivity index (χ0v) is 15.9. The van der Waals surface area contributed by atoms with Crippen LogP contribution >= 0.6 is 11.3 Å². The van der Waals surface area contributed by atoms with E-state index in [4.69, 9.17) is 0 Å². The van der Waals surface area contributed by atoms with Gasteiger partial charge in [0.25, 0.3) is 10.0 Å². The van der Waals surface area contributed by atoms with Crippen LogP contribution in [0.3, 0.4) is 0 Å². The normalized spacial score (nSPS) is 17.1. The molecule has 5 nitrogen and oxygen atoms in total. The third-order valence-electron chi connectivity index (χ3n) is 4.76. The fourth-order valence-electron chi connectivity index (χ4n) is 3.13. The Kier molecular flexibility index (Phi) is 4.27. The highest BCUT2D eigenvalue weighted by Gasteiger charge is 2.35. The maximum atomic E-state index is 13.4. The number of nitrogens with one attached hydrogen (secondary N) is 1. The van der Waals surface area contributed by atoms with E-state index in [9.17, 15) is 17.6 Å². The number of thiophene rings is 1. The Morgan fingerprint density at radius 3 is 2.77 bits per heavy atom. The molecule has 0 spiro atoms. The van der Waals surface area contributed by atoms with E-state index in [0.29, 0.717) is 30.8 Å². The number of nitrogens with zero attached hydrogens (tertiary/aromatic N) is 1. The van der Waals surface area contributed by atoms with Gasteiger partial charge in [-0.1, -0.05) is 0 Å². The molecule has 1 aliphatic carbocycles. The van der Waals surface area contributed by atoms with Crippen molar-refractivity contribution >= 4 is 33.0 Å². The van der Waals surface area contributed by atoms with Gasteiger partial charge in [-0.05, 0) is 61.6 Å². The maximum absolute atomic E-state index is 13.4. The lowest BCUT2D eigenvalue weighted by Gasteiger charge is -2.26. The number of hydrogen-bond acceptors (Lipinski definition) is 4. The van der Waals surface area contributed by atoms with Crippen molar-refractivity contribution in [1.29, 1.82) is 0 Å². The van der Waals surface area contributed by atoms with Gasteiger partial charge in [0.15, 0.2) is 0 Å². The number of anilines is 1. The summed E-state index contributed by atoms with van der Waals surface area (Å²) in [5.41, 5.74) is 1.62. The minimum absolute atomic E-state index is 0.168. The van der Waals surface area contributed by atoms with Crippen LogP contribution in [0.25, 0.3) is 0 Å². The Hall–Kier alpha value is -1.93. The summed E-state index contributed by atoms with van der Waals surface area (Å²) in [6.07, 6.45) is 2.61. The quantitative estimate of drug-likeness (QED) is 0.865. The summed E-state index contributed by atoms with van der Waals surface area (Å²) < 4.78 is 41.5. The van der Waals surface area contributed by atoms with E-state index >= 15 is 0 Å². The largest absolute Gasteiger partial charge is 0.338 e. The fraction of sp³-hybridized carbons (Fsp3) is 0.389. The molecule has 2 aliphatic rings. The van der Waals surface area contributed by atoms with Crippen LogP contribution < -0.4 is 4.72 Å². The van der Waals surface area contributed by atoms with Gasteiger partial charge < -0.3 is 4.90 Å². The summed E-state index contributed by atoms with van der Waals surface area (Å²) in [4.78, 5) is 15.1. The van der Waals surface area contributed by atoms with Gasteiger partial charge in [-0.3, -0.25) is 9.52 Å². The van der Waals surface area contributed by atoms with Crippen LogP contribution in [0.5, 0.6) is 0 Å². The van der Waals surface area contributed by atoms with Crippen molar-refractivity contribution in [2.24, 2.45) is 5.92 Å². The topological polar surface area (TPSA) is 66.5 Å². The van der Waals surface area contributed by atoms with Crippen LogP contribution in [0, 0.1) is 18.7 Å². The highest BCUT2D eigenvalue weighted by Crippen LogP contribution is 2.36. The number of halogens is 1. The number of sulfonamides is 1. The monoisotopic (exact) mass is 394 g/mol. The molecule has 2 heterocycles. The first-order valence-electron chi connectivity index (χ1n) is 8.53. The van der Waals surface area contributed by atoms with Gasteiger partial charge in [0.1, 0.15) is 10.0 Å². The van der Waals surface area contributed by atoms with Crippen LogP contribution in [0.2, 0.25) is 0 Å². The first kappa shape index (κ1) is 17.5. The highest BCUT2D eigenvalue weighted by atomic mass is 32.2. The Morgan fingerprint density at radius 2 is 2.08 bits per heavy atom. The predicted octanol–water partition coefficient (Wildman–Crippen LogP) is 3.29. The maximum Gasteiger partial charge on any atom is 0.271 e. The van der Waals surface area contributed by atoms with E-state index in [1.165, 1.54) is 29.5 Å². The molecule has 0 radical (unpaired) electrons. The van der Waals surface area contributed by atoms with Crippen molar-refractivity contribution in [3.8, 4) is 0 Å². The molecule has 1 aromatic heterocycles. The number of rotatable bonds is 4. The van der Waals surface area contributed by atoms with E-state index < -0.39 is 10.0 Å². The zero-order valence-electron chi connectivity index (χ0n) is 14.3. The Balaban J connectivity index is 1.54. The Morgan fingerprint density at radius 1 is 1.31 bits per heavy atom. The summed E-state index contributed by atoms with van der Waals surface area (Å²) >= 11 is 1.24. The lowest BCUT2D eigenvalue weighted by molar-refractivity contribution is -0.133. The molecule has 0 atom stereocenters. The smallest absolute Gasteiger partial charge is 0.271 e. The molecule has 26 heavy (non-hydrogen) atoms. The number of carbonyl (C=O) groups is 1. The van der Waals surface area contributed by atoms with Gasteiger partial charge in [0, 0.05) is 29.6 Å². The fourth-order valence-corrected chi connectivity index (χ4v) is 5.72. The Labute approximate surface area is 155 Å². The number of carbonyl (C=O) groups excluding carboxylic acids is 1. The predicted molar refractivity (Wildman–Crippen MR) is 98.1 cm³/mol. The highest BCUT2D eigenvalue weighted by molar-refractivity contribution is 7.94. The van der Waals surface area contributed by atoms with Crippen LogP contribution in [0.1, 0.15) is 28.8 Å². The lowest BCUT2D eigenvalue weighted by Crippen LogP contribution is -2.36. The van der Waals surface area contributed by atoms with E-state index in [0.717, 1.165) is 23.3 Å². The minimum atomic E-state index is -3.74. The summed E-state index contributed by atoms with van der Waals surface area (Å²) in [6.45, 7) is 2.71. The summed E-state index contributed by atoms with van der Waals surface area (Å²) in [6, 6.07) is 5.78. The van der Waals surface area contributed by atoms with Gasteiger partial charge in [0.05, 0.1) is 0 Å². The Bertz CT molecular complexity index is 980. The number of amides is 1. The third-order valence-corrected chi connectivity index (χ3v) is 7.85. The van der Waals surface area contributed by atoms with Crippen molar-refractivity contribution in [3.05, 3.63) is 46.1 Å². The molecule has 8 heteroatoms. The molecule has 1 aromatic carbocycles. The van der Waals surface area contributed by atoms with Crippen LogP contribution in [-0.4, -0.2) is 25.8 Å². The lowest BCUT2D eigenvalue weighted by atomic mass is 10.1. The average Bonchev–Trinajstić information content (AvgIpc) is 3.35. The van der Waals surface area contributed by atoms with Gasteiger partial charge in [-0.25, -0.2) is 12.8 Å². The summed E-state index contributed by atoms with van der Waals surface area (Å²) in [5.74, 6) is -0.0205. The molecular formula is C18H19FN2O3S2. The van der Waals surface area contributed by atoms with Gasteiger partial charge >= 0.3 is 0 Å². The first-order chi connectivity index (χ1) is 12.3. The zero-order chi connectivity index (χ0) is 18.5. The van der Waals surface area contributed by atoms with Crippen molar-refractivity contribution in [2.75, 3.05) is 11.3 Å². The van der Waals surface area contributed by atoms with E-state index in [1.807, 2.05) is 4.90 Å². The molecule has 1 amide bonds. The third kappa shape index (κ3) is 3.35. The van der Waals surface area contributed by atoms with Crippen LogP contribution in [0.4, 0.5) is 10.1 Å². The molecule has 1 saturated carbocycles. The molecule has 138 valence electrons. The summed E-state index contributed by atoms with van der Waals surface area (Å²) in [5, 5.41) is 0. The standard InChI is InChI=1S/C18H19FN2O3S2/c1-11-8-14(4-5-15(11)19)20-26(23,24)17-9-13-10-21(7-6-16(13)25-17)18(22)12-2-3-12/h4-5,8-9,12,20H,2-3,6-7,10H2,1H3. The molecule has 1 aliphatic heterocycles. The second kappa shape index (κ2) is 6.35. The van der Waals surface area contributed by atoms with Crippen LogP contribution in [0.15, 0.2) is 28.5 Å². The summed E-state index contributed by atoms with van der Waals surface area (Å²) in [7, 11) is -3.74. The molecule has 1 fully saturated rings. The van der Waals surface area contributed by atoms with E-state index in [2.05, 4.69) is 4.72 Å². The molecule has 0 bridgehead atoms. The molecule has 4 rings (SSSR count). The van der Waals surface area contributed by atoms with Gasteiger partial charge in [-0.2, -0.15) is 0 Å². The minimum Gasteiger partial charge on any atom is -0.338 e. The van der Waals surface area contributed by atoms with E-state index in [1.54, 1.807) is 13.0 Å². The number of aryl methyl sites for hydroxylation is 1. The van der Waals surface area contributed by atoms with Crippen molar-refractivity contribution < 1.29 is 17.6 Å². The number of benzene rings is 1. The SMILES string of the molecule is Cc1cc(NS(=O)(=O)c2cc3c(s2)CCN(C(=O)C2CC2)C3)ccc1F. The number of fused-ring (bicyclic) bond motifs is 1. The molecular weight excluding hydrogens is 375 g/mol. The molecule has 2 aromatic rings.